The van der Waals surface area contributed by atoms with Gasteiger partial charge in [-0.2, -0.15) is 0 Å². The first-order chi connectivity index (χ1) is 6.26. The molecule has 4 heteroatoms. The smallest absolute Gasteiger partial charge is 0.328 e. The van der Waals surface area contributed by atoms with Crippen molar-refractivity contribution in [1.82, 2.24) is 5.32 Å². The normalized spacial score (nSPS) is 13.2. The summed E-state index contributed by atoms with van der Waals surface area (Å²) in [4.78, 5) is 22.3. The first kappa shape index (κ1) is 12.9. The zero-order chi connectivity index (χ0) is 11.4. The molecule has 1 amide bonds. The van der Waals surface area contributed by atoms with Gasteiger partial charge in [-0.05, 0) is 27.7 Å². The Balaban J connectivity index is 4.07. The van der Waals surface area contributed by atoms with E-state index in [9.17, 15) is 9.59 Å². The molecule has 1 atom stereocenters. The van der Waals surface area contributed by atoms with E-state index < -0.39 is 17.6 Å². The second-order valence-electron chi connectivity index (χ2n) is 4.18. The third-order valence-electron chi connectivity index (χ3n) is 1.46. The van der Waals surface area contributed by atoms with Crippen molar-refractivity contribution < 1.29 is 14.3 Å². The minimum atomic E-state index is -0.582. The molecule has 0 saturated carbocycles. The Morgan fingerprint density at radius 2 is 1.86 bits per heavy atom. The molecule has 0 fully saturated rings. The minimum Gasteiger partial charge on any atom is -0.458 e. The van der Waals surface area contributed by atoms with Gasteiger partial charge in [0.05, 0.1) is 0 Å². The summed E-state index contributed by atoms with van der Waals surface area (Å²) in [6, 6.07) is -0.582. The van der Waals surface area contributed by atoms with Crippen molar-refractivity contribution in [3.05, 3.63) is 0 Å². The number of hydrogen-bond donors (Lipinski definition) is 1. The van der Waals surface area contributed by atoms with Gasteiger partial charge < -0.3 is 10.1 Å². The summed E-state index contributed by atoms with van der Waals surface area (Å²) in [7, 11) is 0. The Morgan fingerprint density at radius 3 is 2.21 bits per heavy atom. The van der Waals surface area contributed by atoms with E-state index in [2.05, 4.69) is 5.32 Å². The lowest BCUT2D eigenvalue weighted by Crippen LogP contribution is -2.41. The standard InChI is InChI=1S/C10H19NO3/c1-6-8(12)11-7(2)9(13)14-10(3,4)5/h7H,6H2,1-5H3,(H,11,12)/t7-/m1/s1. The molecule has 82 valence electrons. The molecule has 0 unspecified atom stereocenters. The van der Waals surface area contributed by atoms with E-state index >= 15 is 0 Å². The number of esters is 1. The van der Waals surface area contributed by atoms with Crippen LogP contribution in [0.3, 0.4) is 0 Å². The van der Waals surface area contributed by atoms with E-state index in [0.717, 1.165) is 0 Å². The Labute approximate surface area is 85.0 Å². The fourth-order valence-electron chi connectivity index (χ4n) is 0.793. The van der Waals surface area contributed by atoms with Crippen LogP contribution in [-0.2, 0) is 14.3 Å². The van der Waals surface area contributed by atoms with Crippen molar-refractivity contribution in [3.63, 3.8) is 0 Å². The van der Waals surface area contributed by atoms with Gasteiger partial charge in [0.25, 0.3) is 0 Å². The average Bonchev–Trinajstić information content (AvgIpc) is 2.00. The van der Waals surface area contributed by atoms with Gasteiger partial charge >= 0.3 is 5.97 Å². The molecule has 0 heterocycles. The predicted molar refractivity (Wildman–Crippen MR) is 53.7 cm³/mol. The summed E-state index contributed by atoms with van der Waals surface area (Å²) in [6.45, 7) is 8.72. The van der Waals surface area contributed by atoms with Crippen LogP contribution in [-0.4, -0.2) is 23.5 Å². The van der Waals surface area contributed by atoms with Gasteiger partial charge in [0, 0.05) is 6.42 Å². The summed E-state index contributed by atoms with van der Waals surface area (Å²) in [5.41, 5.74) is -0.512. The highest BCUT2D eigenvalue weighted by atomic mass is 16.6. The first-order valence-electron chi connectivity index (χ1n) is 4.78. The Hall–Kier alpha value is -1.06. The molecule has 0 aliphatic rings. The van der Waals surface area contributed by atoms with Crippen molar-refractivity contribution >= 4 is 11.9 Å². The van der Waals surface area contributed by atoms with E-state index in [1.54, 1.807) is 34.6 Å². The second kappa shape index (κ2) is 4.98. The van der Waals surface area contributed by atoms with Gasteiger partial charge in [-0.1, -0.05) is 6.92 Å². The Bertz CT molecular complexity index is 218. The highest BCUT2D eigenvalue weighted by molar-refractivity contribution is 5.84. The molecule has 0 spiro atoms. The molecule has 0 aromatic heterocycles. The predicted octanol–water partition coefficient (Wildman–Crippen LogP) is 1.24. The summed E-state index contributed by atoms with van der Waals surface area (Å²) in [5.74, 6) is -0.553. The number of hydrogen-bond acceptors (Lipinski definition) is 3. The van der Waals surface area contributed by atoms with E-state index in [-0.39, 0.29) is 5.91 Å². The summed E-state index contributed by atoms with van der Waals surface area (Å²) < 4.78 is 5.09. The number of ether oxygens (including phenoxy) is 1. The number of nitrogens with one attached hydrogen (secondary N) is 1. The lowest BCUT2D eigenvalue weighted by Gasteiger charge is -2.22. The molecule has 0 aliphatic heterocycles. The third kappa shape index (κ3) is 5.56. The molecule has 0 saturated heterocycles. The van der Waals surface area contributed by atoms with Crippen LogP contribution in [0.25, 0.3) is 0 Å². The quantitative estimate of drug-likeness (QED) is 0.699. The van der Waals surface area contributed by atoms with Crippen LogP contribution in [0.1, 0.15) is 41.0 Å². The van der Waals surface area contributed by atoms with Crippen molar-refractivity contribution in [3.8, 4) is 0 Å². The Morgan fingerprint density at radius 1 is 1.36 bits per heavy atom. The lowest BCUT2D eigenvalue weighted by molar-refractivity contribution is -0.158. The fourth-order valence-corrected chi connectivity index (χ4v) is 0.793. The summed E-state index contributed by atoms with van der Waals surface area (Å²) in [5, 5.41) is 2.54. The number of carbonyl (C=O) groups is 2. The van der Waals surface area contributed by atoms with Gasteiger partial charge in [0.1, 0.15) is 11.6 Å². The van der Waals surface area contributed by atoms with Gasteiger partial charge in [0.15, 0.2) is 0 Å². The van der Waals surface area contributed by atoms with Gasteiger partial charge in [0.2, 0.25) is 5.91 Å². The molecule has 0 bridgehead atoms. The minimum absolute atomic E-state index is 0.150. The maximum atomic E-state index is 11.4. The van der Waals surface area contributed by atoms with Gasteiger partial charge in [-0.15, -0.1) is 0 Å². The summed E-state index contributed by atoms with van der Waals surface area (Å²) >= 11 is 0. The van der Waals surface area contributed by atoms with Gasteiger partial charge in [-0.3, -0.25) is 4.79 Å². The van der Waals surface area contributed by atoms with Gasteiger partial charge in [-0.25, -0.2) is 4.79 Å². The molecule has 4 nitrogen and oxygen atoms in total. The number of carbonyl (C=O) groups excluding carboxylic acids is 2. The number of rotatable bonds is 3. The van der Waals surface area contributed by atoms with Crippen molar-refractivity contribution in [2.45, 2.75) is 52.7 Å². The average molecular weight is 201 g/mol. The zero-order valence-electron chi connectivity index (χ0n) is 9.51. The highest BCUT2D eigenvalue weighted by Gasteiger charge is 2.22. The molecular weight excluding hydrogens is 182 g/mol. The zero-order valence-corrected chi connectivity index (χ0v) is 9.51. The van der Waals surface area contributed by atoms with E-state index in [1.807, 2.05) is 0 Å². The molecule has 0 radical (unpaired) electrons. The summed E-state index contributed by atoms with van der Waals surface area (Å²) in [6.07, 6.45) is 0.368. The van der Waals surface area contributed by atoms with Crippen LogP contribution in [0.15, 0.2) is 0 Å². The maximum absolute atomic E-state index is 11.4. The van der Waals surface area contributed by atoms with E-state index in [4.69, 9.17) is 4.74 Å². The second-order valence-corrected chi connectivity index (χ2v) is 4.18. The fraction of sp³-hybridized carbons (Fsp3) is 0.800. The Kier molecular flexibility index (Phi) is 4.60. The molecule has 0 aliphatic carbocycles. The van der Waals surface area contributed by atoms with E-state index in [0.29, 0.717) is 6.42 Å². The number of amides is 1. The van der Waals surface area contributed by atoms with Crippen LogP contribution in [0.5, 0.6) is 0 Å². The first-order valence-corrected chi connectivity index (χ1v) is 4.78. The topological polar surface area (TPSA) is 55.4 Å². The molecule has 1 N–H and O–H groups in total. The SMILES string of the molecule is CCC(=O)N[C@H](C)C(=O)OC(C)(C)C. The lowest BCUT2D eigenvalue weighted by atomic mass is 10.2. The maximum Gasteiger partial charge on any atom is 0.328 e. The highest BCUT2D eigenvalue weighted by Crippen LogP contribution is 2.08. The molecule has 0 aromatic rings. The van der Waals surface area contributed by atoms with Crippen molar-refractivity contribution in [1.29, 1.82) is 0 Å². The van der Waals surface area contributed by atoms with Crippen LogP contribution in [0.4, 0.5) is 0 Å². The van der Waals surface area contributed by atoms with Crippen LogP contribution >= 0.6 is 0 Å². The molecule has 0 rings (SSSR count). The largest absolute Gasteiger partial charge is 0.458 e. The molecular formula is C10H19NO3. The van der Waals surface area contributed by atoms with Crippen molar-refractivity contribution in [2.75, 3.05) is 0 Å². The monoisotopic (exact) mass is 201 g/mol. The molecule has 14 heavy (non-hydrogen) atoms. The van der Waals surface area contributed by atoms with Crippen molar-refractivity contribution in [2.24, 2.45) is 0 Å². The molecule has 0 aromatic carbocycles. The van der Waals surface area contributed by atoms with Crippen LogP contribution in [0, 0.1) is 0 Å². The third-order valence-corrected chi connectivity index (χ3v) is 1.46. The van der Waals surface area contributed by atoms with Crippen LogP contribution < -0.4 is 5.32 Å². The van der Waals surface area contributed by atoms with Crippen LogP contribution in [0.2, 0.25) is 0 Å². The van der Waals surface area contributed by atoms with E-state index in [1.165, 1.54) is 0 Å².